The van der Waals surface area contributed by atoms with Gasteiger partial charge in [-0.05, 0) is 43.3 Å². The van der Waals surface area contributed by atoms with E-state index in [0.717, 1.165) is 6.07 Å². The normalized spacial score (nSPS) is 15.0. The van der Waals surface area contributed by atoms with Crippen molar-refractivity contribution in [2.45, 2.75) is 13.0 Å². The van der Waals surface area contributed by atoms with Gasteiger partial charge in [-0.3, -0.25) is 9.69 Å². The third-order valence-corrected chi connectivity index (χ3v) is 4.34. The number of benzene rings is 1. The van der Waals surface area contributed by atoms with Gasteiger partial charge in [0, 0.05) is 18.0 Å². The van der Waals surface area contributed by atoms with Crippen LogP contribution in [0.4, 0.5) is 26.2 Å². The molecule has 0 aromatic heterocycles. The molecule has 31 heavy (non-hydrogen) atoms. The summed E-state index contributed by atoms with van der Waals surface area (Å²) in [5.41, 5.74) is 5.88. The van der Waals surface area contributed by atoms with Crippen LogP contribution >= 0.6 is 0 Å². The van der Waals surface area contributed by atoms with E-state index in [1.54, 1.807) is 13.0 Å². The number of esters is 1. The van der Waals surface area contributed by atoms with E-state index < -0.39 is 29.4 Å². The van der Waals surface area contributed by atoms with E-state index in [2.05, 4.69) is 17.2 Å². The second kappa shape index (κ2) is 9.73. The maximum absolute atomic E-state index is 14.7. The van der Waals surface area contributed by atoms with Gasteiger partial charge in [-0.15, -0.1) is 0 Å². The van der Waals surface area contributed by atoms with Crippen LogP contribution in [0.3, 0.4) is 0 Å². The first-order valence-electron chi connectivity index (χ1n) is 9.49. The zero-order valence-corrected chi connectivity index (χ0v) is 16.7. The van der Waals surface area contributed by atoms with Gasteiger partial charge in [-0.2, -0.15) is 0 Å². The van der Waals surface area contributed by atoms with Crippen LogP contribution in [0.5, 0.6) is 0 Å². The van der Waals surface area contributed by atoms with Crippen molar-refractivity contribution in [3.63, 3.8) is 0 Å². The van der Waals surface area contributed by atoms with E-state index in [1.165, 1.54) is 35.2 Å². The molecule has 0 unspecified atom stereocenters. The number of hydrogen-bond acceptors (Lipinski definition) is 7. The number of nitrogens with one attached hydrogen (secondary N) is 1. The SMILES string of the molecule is CCOC(=O)C#Cc1cccc(=O)c(Nc2ccc(N3C[C@H](CN)OC3=O)cc2F)c1. The van der Waals surface area contributed by atoms with Crippen LogP contribution in [0.1, 0.15) is 12.5 Å². The Morgan fingerprint density at radius 3 is 2.77 bits per heavy atom. The number of hydrogen-bond donors (Lipinski definition) is 2. The molecule has 1 fully saturated rings. The fourth-order valence-electron chi connectivity index (χ4n) is 2.84. The van der Waals surface area contributed by atoms with E-state index in [1.807, 2.05) is 0 Å². The van der Waals surface area contributed by atoms with Crippen LogP contribution in [0, 0.1) is 17.7 Å². The molecule has 8 nitrogen and oxygen atoms in total. The highest BCUT2D eigenvalue weighted by Crippen LogP contribution is 2.27. The van der Waals surface area contributed by atoms with E-state index in [-0.39, 0.29) is 31.1 Å². The lowest BCUT2D eigenvalue weighted by Gasteiger charge is -2.14. The number of cyclic esters (lactones) is 1. The molecule has 1 aliphatic rings. The molecule has 3 N–H and O–H groups in total. The molecule has 2 aromatic rings. The first-order valence-corrected chi connectivity index (χ1v) is 9.49. The number of nitrogens with two attached hydrogens (primary N) is 1. The summed E-state index contributed by atoms with van der Waals surface area (Å²) >= 11 is 0. The van der Waals surface area contributed by atoms with Crippen molar-refractivity contribution in [2.24, 2.45) is 5.73 Å². The van der Waals surface area contributed by atoms with Crippen LogP contribution in [0.2, 0.25) is 0 Å². The van der Waals surface area contributed by atoms with Gasteiger partial charge in [-0.25, -0.2) is 14.0 Å². The lowest BCUT2D eigenvalue weighted by molar-refractivity contribution is -0.136. The quantitative estimate of drug-likeness (QED) is 0.558. The number of anilines is 3. The summed E-state index contributed by atoms with van der Waals surface area (Å²) in [7, 11) is 0. The number of carbonyl (C=O) groups is 2. The second-order valence-corrected chi connectivity index (χ2v) is 6.52. The average molecular weight is 425 g/mol. The Balaban J connectivity index is 1.85. The zero-order valence-electron chi connectivity index (χ0n) is 16.7. The summed E-state index contributed by atoms with van der Waals surface area (Å²) in [5.74, 6) is 3.56. The van der Waals surface area contributed by atoms with Crippen LogP contribution in [0.15, 0.2) is 47.3 Å². The van der Waals surface area contributed by atoms with Crippen molar-refractivity contribution in [1.82, 2.24) is 0 Å². The third-order valence-electron chi connectivity index (χ3n) is 4.34. The van der Waals surface area contributed by atoms with Crippen LogP contribution in [-0.4, -0.2) is 37.9 Å². The molecule has 1 heterocycles. The minimum Gasteiger partial charge on any atom is -0.456 e. The van der Waals surface area contributed by atoms with Crippen molar-refractivity contribution in [3.8, 4) is 11.8 Å². The molecule has 0 saturated carbocycles. The molecule has 0 bridgehead atoms. The number of nitrogens with zero attached hydrogens (tertiary/aromatic N) is 1. The van der Waals surface area contributed by atoms with Crippen LogP contribution < -0.4 is 21.4 Å². The minimum atomic E-state index is -0.690. The molecule has 2 aromatic carbocycles. The maximum atomic E-state index is 14.7. The highest BCUT2D eigenvalue weighted by Gasteiger charge is 2.31. The Kier molecular flexibility index (Phi) is 6.85. The molecule has 1 amide bonds. The standard InChI is InChI=1S/C22H20FN3O5/c1-2-30-21(28)9-6-14-4-3-5-20(27)19(10-14)25-18-8-7-15(11-17(18)23)26-13-16(12-24)31-22(26)29/h3-5,7-8,10-11,16H,2,12-13,24H2,1H3,(H,25,27)/t16-/m0/s1. The Bertz CT molecular complexity index is 1130. The molecular weight excluding hydrogens is 405 g/mol. The fraction of sp³-hybridized carbons (Fsp3) is 0.227. The minimum absolute atomic E-state index is 0.0271. The largest absolute Gasteiger partial charge is 0.456 e. The average Bonchev–Trinajstić information content (AvgIpc) is 3.03. The molecule has 0 spiro atoms. The molecule has 9 heteroatoms. The summed E-state index contributed by atoms with van der Waals surface area (Å²) < 4.78 is 24.5. The Hall–Kier alpha value is -3.90. The van der Waals surface area contributed by atoms with Crippen LogP contribution in [-0.2, 0) is 14.3 Å². The zero-order chi connectivity index (χ0) is 22.4. The fourth-order valence-corrected chi connectivity index (χ4v) is 2.84. The van der Waals surface area contributed by atoms with E-state index in [4.69, 9.17) is 15.2 Å². The summed E-state index contributed by atoms with van der Waals surface area (Å²) in [6.07, 6.45) is -1.05. The van der Waals surface area contributed by atoms with E-state index in [0.29, 0.717) is 11.3 Å². The lowest BCUT2D eigenvalue weighted by atomic mass is 10.2. The topological polar surface area (TPSA) is 111 Å². The van der Waals surface area contributed by atoms with Gasteiger partial charge < -0.3 is 20.5 Å². The summed E-state index contributed by atoms with van der Waals surface area (Å²) in [6, 6.07) is 9.82. The third kappa shape index (κ3) is 5.38. The van der Waals surface area contributed by atoms with Crippen molar-refractivity contribution in [3.05, 3.63) is 64.1 Å². The monoisotopic (exact) mass is 425 g/mol. The molecule has 0 aliphatic carbocycles. The van der Waals surface area contributed by atoms with Gasteiger partial charge in [0.25, 0.3) is 0 Å². The Morgan fingerprint density at radius 2 is 2.10 bits per heavy atom. The second-order valence-electron chi connectivity index (χ2n) is 6.52. The van der Waals surface area contributed by atoms with Crippen molar-refractivity contribution in [1.29, 1.82) is 0 Å². The van der Waals surface area contributed by atoms with Gasteiger partial charge in [-0.1, -0.05) is 12.0 Å². The molecule has 1 aliphatic heterocycles. The predicted molar refractivity (Wildman–Crippen MR) is 113 cm³/mol. The molecule has 1 saturated heterocycles. The van der Waals surface area contributed by atoms with Crippen molar-refractivity contribution in [2.75, 3.05) is 29.9 Å². The number of carbonyl (C=O) groups excluding carboxylic acids is 2. The van der Waals surface area contributed by atoms with Gasteiger partial charge >= 0.3 is 12.1 Å². The first-order chi connectivity index (χ1) is 14.9. The van der Waals surface area contributed by atoms with Crippen molar-refractivity contribution < 1.29 is 23.5 Å². The first kappa shape index (κ1) is 21.8. The molecule has 3 rings (SSSR count). The lowest BCUT2D eigenvalue weighted by Crippen LogP contribution is -2.27. The molecule has 160 valence electrons. The number of amides is 1. The number of rotatable bonds is 5. The van der Waals surface area contributed by atoms with E-state index >= 15 is 0 Å². The number of halogens is 1. The van der Waals surface area contributed by atoms with Gasteiger partial charge in [0.1, 0.15) is 11.9 Å². The highest BCUT2D eigenvalue weighted by atomic mass is 19.1. The Morgan fingerprint density at radius 1 is 1.29 bits per heavy atom. The van der Waals surface area contributed by atoms with Gasteiger partial charge in [0.15, 0.2) is 0 Å². The van der Waals surface area contributed by atoms with Gasteiger partial charge in [0.2, 0.25) is 5.43 Å². The maximum Gasteiger partial charge on any atom is 0.414 e. The predicted octanol–water partition coefficient (Wildman–Crippen LogP) is 2.13. The Labute approximate surface area is 177 Å². The van der Waals surface area contributed by atoms with Crippen LogP contribution in [0.25, 0.3) is 0 Å². The van der Waals surface area contributed by atoms with E-state index in [9.17, 15) is 18.8 Å². The summed E-state index contributed by atoms with van der Waals surface area (Å²) in [5, 5.41) is 2.74. The van der Waals surface area contributed by atoms with Gasteiger partial charge in [0.05, 0.1) is 30.2 Å². The molecule has 0 radical (unpaired) electrons. The van der Waals surface area contributed by atoms with Crippen molar-refractivity contribution >= 4 is 29.1 Å². The molecule has 1 atom stereocenters. The summed E-state index contributed by atoms with van der Waals surface area (Å²) in [6.45, 7) is 2.26. The highest BCUT2D eigenvalue weighted by molar-refractivity contribution is 5.90. The molecular formula is C22H20FN3O5. The summed E-state index contributed by atoms with van der Waals surface area (Å²) in [4.78, 5) is 36.9. The smallest absolute Gasteiger partial charge is 0.414 e. The number of ether oxygens (including phenoxy) is 2.